The van der Waals surface area contributed by atoms with Crippen molar-refractivity contribution in [3.63, 3.8) is 0 Å². The summed E-state index contributed by atoms with van der Waals surface area (Å²) >= 11 is 0. The van der Waals surface area contributed by atoms with Gasteiger partial charge in [-0.15, -0.1) is 0 Å². The number of aromatic nitrogens is 3. The van der Waals surface area contributed by atoms with Gasteiger partial charge in [-0.1, -0.05) is 12.1 Å². The van der Waals surface area contributed by atoms with E-state index in [0.29, 0.717) is 28.4 Å². The molecular formula is C23H20F3N3. The van der Waals surface area contributed by atoms with Crippen molar-refractivity contribution in [3.05, 3.63) is 71.4 Å². The van der Waals surface area contributed by atoms with Crippen molar-refractivity contribution < 1.29 is 13.2 Å². The molecule has 0 radical (unpaired) electrons. The summed E-state index contributed by atoms with van der Waals surface area (Å²) < 4.78 is 40.9. The van der Waals surface area contributed by atoms with Gasteiger partial charge in [-0.3, -0.25) is 4.98 Å². The lowest BCUT2D eigenvalue weighted by molar-refractivity contribution is 0.322. The maximum atomic E-state index is 14.1. The second-order valence-corrected chi connectivity index (χ2v) is 7.92. The van der Waals surface area contributed by atoms with Crippen LogP contribution in [-0.2, 0) is 6.42 Å². The zero-order valence-corrected chi connectivity index (χ0v) is 15.8. The van der Waals surface area contributed by atoms with Gasteiger partial charge in [0, 0.05) is 30.1 Å². The lowest BCUT2D eigenvalue weighted by Crippen LogP contribution is -2.16. The largest absolute Gasteiger partial charge is 0.342 e. The Balaban J connectivity index is 1.31. The topological polar surface area (TPSA) is 41.6 Å². The van der Waals surface area contributed by atoms with Gasteiger partial charge in [0.25, 0.3) is 0 Å². The maximum absolute atomic E-state index is 14.1. The highest BCUT2D eigenvalue weighted by molar-refractivity contribution is 5.83. The Morgan fingerprint density at radius 3 is 2.55 bits per heavy atom. The summed E-state index contributed by atoms with van der Waals surface area (Å²) in [6.07, 6.45) is 6.48. The Labute approximate surface area is 166 Å². The van der Waals surface area contributed by atoms with Gasteiger partial charge in [0.05, 0.1) is 11.0 Å². The van der Waals surface area contributed by atoms with Crippen LogP contribution >= 0.6 is 0 Å². The molecule has 0 saturated heterocycles. The van der Waals surface area contributed by atoms with Crippen LogP contribution < -0.4 is 0 Å². The number of aromatic amines is 1. The number of fused-ring (bicyclic) bond motifs is 2. The number of imidazole rings is 1. The lowest BCUT2D eigenvalue weighted by atomic mass is 9.76. The Morgan fingerprint density at radius 1 is 0.931 bits per heavy atom. The molecule has 148 valence electrons. The predicted octanol–water partition coefficient (Wildman–Crippen LogP) is 6.04. The molecule has 5 rings (SSSR count). The number of benzene rings is 2. The van der Waals surface area contributed by atoms with Crippen molar-refractivity contribution in [2.45, 2.75) is 38.0 Å². The molecule has 2 aromatic heterocycles. The first-order valence-corrected chi connectivity index (χ1v) is 9.95. The molecule has 29 heavy (non-hydrogen) atoms. The molecule has 0 bridgehead atoms. The molecule has 6 heteroatoms. The van der Waals surface area contributed by atoms with E-state index >= 15 is 0 Å². The molecule has 2 aromatic carbocycles. The molecule has 0 atom stereocenters. The van der Waals surface area contributed by atoms with Crippen molar-refractivity contribution in [2.24, 2.45) is 5.92 Å². The van der Waals surface area contributed by atoms with E-state index in [-0.39, 0.29) is 5.82 Å². The van der Waals surface area contributed by atoms with Crippen molar-refractivity contribution in [2.75, 3.05) is 0 Å². The predicted molar refractivity (Wildman–Crippen MR) is 106 cm³/mol. The smallest absolute Gasteiger partial charge is 0.161 e. The molecule has 2 heterocycles. The van der Waals surface area contributed by atoms with Crippen LogP contribution in [-0.4, -0.2) is 15.0 Å². The van der Waals surface area contributed by atoms with E-state index in [9.17, 15) is 13.2 Å². The second kappa shape index (κ2) is 7.17. The Morgan fingerprint density at radius 2 is 1.72 bits per heavy atom. The van der Waals surface area contributed by atoms with Gasteiger partial charge >= 0.3 is 0 Å². The third-order valence-corrected chi connectivity index (χ3v) is 6.10. The SMILES string of the molecule is Fc1cc2nc(C[C@H]3CC[C@@H](c4ccc(F)c5ncccc54)CC3)[nH]c2cc1F. The summed E-state index contributed by atoms with van der Waals surface area (Å²) in [5.74, 6) is -0.407. The quantitative estimate of drug-likeness (QED) is 0.459. The number of pyridine rings is 1. The second-order valence-electron chi connectivity index (χ2n) is 7.92. The monoisotopic (exact) mass is 395 g/mol. The van der Waals surface area contributed by atoms with Crippen LogP contribution in [0, 0.1) is 23.4 Å². The van der Waals surface area contributed by atoms with E-state index in [1.807, 2.05) is 18.2 Å². The highest BCUT2D eigenvalue weighted by Gasteiger charge is 2.25. The van der Waals surface area contributed by atoms with Crippen LogP contribution in [0.15, 0.2) is 42.6 Å². The van der Waals surface area contributed by atoms with Crippen LogP contribution in [0.25, 0.3) is 21.9 Å². The fourth-order valence-electron chi connectivity index (χ4n) is 4.62. The van der Waals surface area contributed by atoms with E-state index in [4.69, 9.17) is 0 Å². The number of halogens is 3. The number of rotatable bonds is 3. The van der Waals surface area contributed by atoms with Crippen LogP contribution in [0.4, 0.5) is 13.2 Å². The van der Waals surface area contributed by atoms with Gasteiger partial charge in [0.1, 0.15) is 17.2 Å². The van der Waals surface area contributed by atoms with Gasteiger partial charge in [-0.2, -0.15) is 0 Å². The third kappa shape index (κ3) is 3.37. The highest BCUT2D eigenvalue weighted by Crippen LogP contribution is 2.39. The number of hydrogen-bond donors (Lipinski definition) is 1. The average molecular weight is 395 g/mol. The normalized spacial score (nSPS) is 19.8. The molecule has 1 N–H and O–H groups in total. The zero-order chi connectivity index (χ0) is 20.0. The molecule has 4 aromatic rings. The maximum Gasteiger partial charge on any atom is 0.161 e. The van der Waals surface area contributed by atoms with Crippen molar-refractivity contribution in [1.29, 1.82) is 0 Å². The molecule has 1 fully saturated rings. The Bertz CT molecular complexity index is 1150. The summed E-state index contributed by atoms with van der Waals surface area (Å²) in [5.41, 5.74) is 2.59. The highest BCUT2D eigenvalue weighted by atomic mass is 19.2. The van der Waals surface area contributed by atoms with Crippen molar-refractivity contribution >= 4 is 21.9 Å². The summed E-state index contributed by atoms with van der Waals surface area (Å²) in [6.45, 7) is 0. The molecule has 3 nitrogen and oxygen atoms in total. The summed E-state index contributed by atoms with van der Waals surface area (Å²) in [7, 11) is 0. The minimum Gasteiger partial charge on any atom is -0.342 e. The summed E-state index contributed by atoms with van der Waals surface area (Å²) in [4.78, 5) is 11.7. The minimum atomic E-state index is -0.878. The molecule has 1 aliphatic rings. The third-order valence-electron chi connectivity index (χ3n) is 6.10. The van der Waals surface area contributed by atoms with E-state index in [1.165, 1.54) is 11.6 Å². The van der Waals surface area contributed by atoms with Gasteiger partial charge in [-0.25, -0.2) is 18.2 Å². The van der Waals surface area contributed by atoms with Gasteiger partial charge in [0.15, 0.2) is 11.6 Å². The minimum absolute atomic E-state index is 0.282. The number of hydrogen-bond acceptors (Lipinski definition) is 2. The average Bonchev–Trinajstić information content (AvgIpc) is 3.10. The van der Waals surface area contributed by atoms with Crippen LogP contribution in [0.3, 0.4) is 0 Å². The van der Waals surface area contributed by atoms with Crippen LogP contribution in [0.2, 0.25) is 0 Å². The Kier molecular flexibility index (Phi) is 4.49. The van der Waals surface area contributed by atoms with Gasteiger partial charge in [-0.05, 0) is 55.2 Å². The Hall–Kier alpha value is -2.89. The summed E-state index contributed by atoms with van der Waals surface area (Å²) in [6, 6.07) is 9.50. The number of nitrogens with one attached hydrogen (secondary N) is 1. The van der Waals surface area contributed by atoms with Crippen molar-refractivity contribution in [3.8, 4) is 0 Å². The molecule has 0 amide bonds. The number of H-pyrrole nitrogens is 1. The first-order valence-electron chi connectivity index (χ1n) is 9.95. The first-order chi connectivity index (χ1) is 14.1. The molecular weight excluding hydrogens is 375 g/mol. The van der Waals surface area contributed by atoms with E-state index in [1.54, 1.807) is 6.20 Å². The number of nitrogens with zero attached hydrogens (tertiary/aromatic N) is 2. The van der Waals surface area contributed by atoms with Crippen LogP contribution in [0.5, 0.6) is 0 Å². The molecule has 1 aliphatic carbocycles. The molecule has 0 unspecified atom stereocenters. The van der Waals surface area contributed by atoms with E-state index in [2.05, 4.69) is 15.0 Å². The van der Waals surface area contributed by atoms with E-state index < -0.39 is 11.6 Å². The summed E-state index contributed by atoms with van der Waals surface area (Å²) in [5, 5.41) is 0.900. The fraction of sp³-hybridized carbons (Fsp3) is 0.304. The first kappa shape index (κ1) is 18.2. The van der Waals surface area contributed by atoms with Gasteiger partial charge in [0.2, 0.25) is 0 Å². The standard InChI is InChI=1S/C23H20F3N3/c24-17-8-7-15(16-2-1-9-27-23(16)17)14-5-3-13(4-6-14)10-22-28-20-11-18(25)19(26)12-21(20)29-22/h1-2,7-9,11-14H,3-6,10H2,(H,28,29)/t13-,14+. The molecule has 1 saturated carbocycles. The zero-order valence-electron chi connectivity index (χ0n) is 15.8. The van der Waals surface area contributed by atoms with Crippen molar-refractivity contribution in [1.82, 2.24) is 15.0 Å². The lowest BCUT2D eigenvalue weighted by Gasteiger charge is -2.29. The van der Waals surface area contributed by atoms with E-state index in [0.717, 1.165) is 55.4 Å². The fourth-order valence-corrected chi connectivity index (χ4v) is 4.62. The molecule has 0 spiro atoms. The molecule has 0 aliphatic heterocycles. The van der Waals surface area contributed by atoms with Crippen LogP contribution in [0.1, 0.15) is 43.0 Å². The van der Waals surface area contributed by atoms with Gasteiger partial charge < -0.3 is 4.98 Å².